The molecule has 2 atom stereocenters. The Morgan fingerprint density at radius 1 is 1.35 bits per heavy atom. The van der Waals surface area contributed by atoms with Crippen LogP contribution < -0.4 is 5.73 Å². The number of anilines is 1. The maximum Gasteiger partial charge on any atom is 0.0694 e. The number of hydrogen-bond acceptors (Lipinski definition) is 3. The van der Waals surface area contributed by atoms with E-state index in [0.29, 0.717) is 22.2 Å². The van der Waals surface area contributed by atoms with Crippen LogP contribution in [0, 0.1) is 0 Å². The smallest absolute Gasteiger partial charge is 0.0694 e. The number of rotatable bonds is 2. The predicted octanol–water partition coefficient (Wildman–Crippen LogP) is 3.52. The second-order valence-electron chi connectivity index (χ2n) is 5.83. The number of halogens is 1. The molecule has 1 aliphatic heterocycles. The SMILES string of the molecule is Nc1ccc(Cl)cc1S(=O)C1CCOC2(CCCC2)C1. The normalized spacial score (nSPS) is 26.8. The highest BCUT2D eigenvalue weighted by atomic mass is 35.5. The molecule has 1 aromatic rings. The lowest BCUT2D eigenvalue weighted by Gasteiger charge is -2.37. The van der Waals surface area contributed by atoms with Crippen molar-refractivity contribution in [3.05, 3.63) is 23.2 Å². The third-order valence-corrected chi connectivity index (χ3v) is 6.49. The van der Waals surface area contributed by atoms with Crippen molar-refractivity contribution in [3.8, 4) is 0 Å². The molecular formula is C15H20ClNO2S. The van der Waals surface area contributed by atoms with Crippen LogP contribution in [0.1, 0.15) is 38.5 Å². The largest absolute Gasteiger partial charge is 0.398 e. The van der Waals surface area contributed by atoms with Gasteiger partial charge in [0.1, 0.15) is 0 Å². The van der Waals surface area contributed by atoms with Gasteiger partial charge in [0, 0.05) is 22.6 Å². The van der Waals surface area contributed by atoms with Gasteiger partial charge in [-0.1, -0.05) is 24.4 Å². The highest BCUT2D eigenvalue weighted by Crippen LogP contribution is 2.42. The van der Waals surface area contributed by atoms with Crippen molar-refractivity contribution < 1.29 is 8.95 Å². The minimum Gasteiger partial charge on any atom is -0.398 e. The third-order valence-electron chi connectivity index (χ3n) is 4.46. The molecule has 2 N–H and O–H groups in total. The predicted molar refractivity (Wildman–Crippen MR) is 82.4 cm³/mol. The van der Waals surface area contributed by atoms with Gasteiger partial charge in [-0.25, -0.2) is 0 Å². The topological polar surface area (TPSA) is 52.3 Å². The fourth-order valence-electron chi connectivity index (χ4n) is 3.40. The van der Waals surface area contributed by atoms with Crippen LogP contribution in [0.5, 0.6) is 0 Å². The molecule has 1 aromatic carbocycles. The van der Waals surface area contributed by atoms with Crippen LogP contribution in [-0.2, 0) is 15.5 Å². The molecule has 1 saturated heterocycles. The molecule has 3 rings (SSSR count). The quantitative estimate of drug-likeness (QED) is 0.850. The molecule has 2 aliphatic rings. The van der Waals surface area contributed by atoms with Gasteiger partial charge in [0.15, 0.2) is 0 Å². The first kappa shape index (κ1) is 14.4. The molecular weight excluding hydrogens is 294 g/mol. The van der Waals surface area contributed by atoms with Crippen LogP contribution in [0.2, 0.25) is 5.02 Å². The van der Waals surface area contributed by atoms with Gasteiger partial charge in [0.2, 0.25) is 0 Å². The Labute approximate surface area is 127 Å². The van der Waals surface area contributed by atoms with E-state index in [9.17, 15) is 4.21 Å². The van der Waals surface area contributed by atoms with Crippen molar-refractivity contribution >= 4 is 28.1 Å². The third kappa shape index (κ3) is 2.74. The van der Waals surface area contributed by atoms with E-state index in [0.717, 1.165) is 25.7 Å². The Bertz CT molecular complexity index is 529. The fourth-order valence-corrected chi connectivity index (χ4v) is 5.30. The lowest BCUT2D eigenvalue weighted by molar-refractivity contribution is -0.0708. The second-order valence-corrected chi connectivity index (χ2v) is 7.97. The van der Waals surface area contributed by atoms with Crippen LogP contribution in [0.4, 0.5) is 5.69 Å². The molecule has 3 nitrogen and oxygen atoms in total. The van der Waals surface area contributed by atoms with E-state index in [-0.39, 0.29) is 10.9 Å². The van der Waals surface area contributed by atoms with Crippen LogP contribution >= 0.6 is 11.6 Å². The van der Waals surface area contributed by atoms with Gasteiger partial charge in [0.05, 0.1) is 21.3 Å². The summed E-state index contributed by atoms with van der Waals surface area (Å²) in [5.74, 6) is 0. The molecule has 20 heavy (non-hydrogen) atoms. The molecule has 2 unspecified atom stereocenters. The van der Waals surface area contributed by atoms with Gasteiger partial charge in [-0.15, -0.1) is 0 Å². The van der Waals surface area contributed by atoms with E-state index in [1.54, 1.807) is 18.2 Å². The Morgan fingerprint density at radius 3 is 2.85 bits per heavy atom. The van der Waals surface area contributed by atoms with E-state index in [4.69, 9.17) is 22.1 Å². The van der Waals surface area contributed by atoms with E-state index < -0.39 is 10.8 Å². The molecule has 1 saturated carbocycles. The molecule has 0 radical (unpaired) electrons. The number of benzene rings is 1. The van der Waals surface area contributed by atoms with Crippen LogP contribution in [0.15, 0.2) is 23.1 Å². The Morgan fingerprint density at radius 2 is 2.10 bits per heavy atom. The zero-order valence-corrected chi connectivity index (χ0v) is 13.0. The average Bonchev–Trinajstić information content (AvgIpc) is 2.88. The van der Waals surface area contributed by atoms with Crippen molar-refractivity contribution in [3.63, 3.8) is 0 Å². The Balaban J connectivity index is 1.81. The summed E-state index contributed by atoms with van der Waals surface area (Å²) in [7, 11) is -1.10. The van der Waals surface area contributed by atoms with Crippen LogP contribution in [-0.4, -0.2) is 21.7 Å². The van der Waals surface area contributed by atoms with Crippen LogP contribution in [0.25, 0.3) is 0 Å². The zero-order valence-electron chi connectivity index (χ0n) is 11.4. The van der Waals surface area contributed by atoms with E-state index >= 15 is 0 Å². The second kappa shape index (κ2) is 5.66. The molecule has 0 aromatic heterocycles. The summed E-state index contributed by atoms with van der Waals surface area (Å²) in [5.41, 5.74) is 6.51. The standard InChI is InChI=1S/C15H20ClNO2S/c16-11-3-4-13(17)14(9-11)20(18)12-5-8-19-15(10-12)6-1-2-7-15/h3-4,9,12H,1-2,5-8,10,17H2. The minimum atomic E-state index is -1.10. The maximum absolute atomic E-state index is 12.8. The maximum atomic E-state index is 12.8. The molecule has 0 bridgehead atoms. The lowest BCUT2D eigenvalue weighted by Crippen LogP contribution is -2.41. The molecule has 1 heterocycles. The van der Waals surface area contributed by atoms with E-state index in [1.165, 1.54) is 12.8 Å². The molecule has 110 valence electrons. The number of nitrogen functional groups attached to an aromatic ring is 1. The van der Waals surface area contributed by atoms with Gasteiger partial charge < -0.3 is 10.5 Å². The molecule has 5 heteroatoms. The first-order chi connectivity index (χ1) is 9.60. The van der Waals surface area contributed by atoms with Gasteiger partial charge >= 0.3 is 0 Å². The van der Waals surface area contributed by atoms with Crippen LogP contribution in [0.3, 0.4) is 0 Å². The van der Waals surface area contributed by atoms with Gasteiger partial charge in [0.25, 0.3) is 0 Å². The Kier molecular flexibility index (Phi) is 4.07. The van der Waals surface area contributed by atoms with Crippen molar-refractivity contribution in [1.29, 1.82) is 0 Å². The first-order valence-electron chi connectivity index (χ1n) is 7.19. The highest BCUT2D eigenvalue weighted by molar-refractivity contribution is 7.85. The summed E-state index contributed by atoms with van der Waals surface area (Å²) < 4.78 is 18.8. The van der Waals surface area contributed by atoms with Gasteiger partial charge in [-0.2, -0.15) is 0 Å². The number of ether oxygens (including phenoxy) is 1. The fraction of sp³-hybridized carbons (Fsp3) is 0.600. The van der Waals surface area contributed by atoms with Crippen molar-refractivity contribution in [2.75, 3.05) is 12.3 Å². The van der Waals surface area contributed by atoms with E-state index in [2.05, 4.69) is 0 Å². The molecule has 1 aliphatic carbocycles. The summed E-state index contributed by atoms with van der Waals surface area (Å²) >= 11 is 6.01. The van der Waals surface area contributed by atoms with Crippen molar-refractivity contribution in [2.24, 2.45) is 0 Å². The lowest BCUT2D eigenvalue weighted by atomic mass is 9.92. The first-order valence-corrected chi connectivity index (χ1v) is 8.78. The monoisotopic (exact) mass is 313 g/mol. The van der Waals surface area contributed by atoms with Crippen molar-refractivity contribution in [2.45, 2.75) is 54.3 Å². The van der Waals surface area contributed by atoms with E-state index in [1.807, 2.05) is 0 Å². The zero-order chi connectivity index (χ0) is 14.2. The van der Waals surface area contributed by atoms with Gasteiger partial charge in [-0.05, 0) is 43.9 Å². The number of hydrogen-bond donors (Lipinski definition) is 1. The molecule has 0 amide bonds. The summed E-state index contributed by atoms with van der Waals surface area (Å²) in [6, 6.07) is 5.21. The molecule has 1 spiro atoms. The van der Waals surface area contributed by atoms with Crippen molar-refractivity contribution in [1.82, 2.24) is 0 Å². The summed E-state index contributed by atoms with van der Waals surface area (Å²) in [6.45, 7) is 0.705. The Hall–Kier alpha value is -0.580. The average molecular weight is 314 g/mol. The summed E-state index contributed by atoms with van der Waals surface area (Å²) in [5, 5.41) is 0.716. The molecule has 2 fully saturated rings. The summed E-state index contributed by atoms with van der Waals surface area (Å²) in [4.78, 5) is 0.678. The number of nitrogens with two attached hydrogens (primary N) is 1. The minimum absolute atomic E-state index is 0.0219. The van der Waals surface area contributed by atoms with Gasteiger partial charge in [-0.3, -0.25) is 4.21 Å². The summed E-state index contributed by atoms with van der Waals surface area (Å²) in [6.07, 6.45) is 6.36. The highest BCUT2D eigenvalue weighted by Gasteiger charge is 2.41.